The molecule has 3 N–H and O–H groups in total. The summed E-state index contributed by atoms with van der Waals surface area (Å²) in [5, 5.41) is 4.66. The molecule has 3 rings (SSSR count). The Hall–Kier alpha value is -1.81. The number of nitrogens with one attached hydrogen (secondary N) is 1. The van der Waals surface area contributed by atoms with E-state index in [1.165, 1.54) is 16.6 Å². The molecule has 0 atom stereocenters. The minimum atomic E-state index is -0.282. The number of carbonyl (C=O) groups is 1. The number of rotatable bonds is 2. The van der Waals surface area contributed by atoms with Crippen LogP contribution in [0.15, 0.2) is 24.3 Å². The third kappa shape index (κ3) is 1.78. The zero-order valence-corrected chi connectivity index (χ0v) is 10.3. The van der Waals surface area contributed by atoms with Crippen LogP contribution in [0.5, 0.6) is 0 Å². The van der Waals surface area contributed by atoms with Gasteiger partial charge in [-0.25, -0.2) is 0 Å². The van der Waals surface area contributed by atoms with Crippen molar-refractivity contribution in [2.24, 2.45) is 5.73 Å². The lowest BCUT2D eigenvalue weighted by molar-refractivity contribution is -0.118. The molecule has 4 heteroatoms. The average molecular weight is 243 g/mol. The van der Waals surface area contributed by atoms with Crippen LogP contribution in [0.1, 0.15) is 11.3 Å². The topological polar surface area (TPSA) is 60.1 Å². The van der Waals surface area contributed by atoms with E-state index in [4.69, 9.17) is 5.73 Å². The molecule has 0 bridgehead atoms. The normalized spacial score (nSPS) is 15.3. The first-order valence-electron chi connectivity index (χ1n) is 6.35. The van der Waals surface area contributed by atoms with Gasteiger partial charge in [-0.05, 0) is 24.6 Å². The van der Waals surface area contributed by atoms with Gasteiger partial charge >= 0.3 is 0 Å². The van der Waals surface area contributed by atoms with Gasteiger partial charge in [0.15, 0.2) is 0 Å². The summed E-state index contributed by atoms with van der Waals surface area (Å²) >= 11 is 0. The molecule has 0 saturated heterocycles. The summed E-state index contributed by atoms with van der Waals surface area (Å²) in [7, 11) is 0. The van der Waals surface area contributed by atoms with Crippen molar-refractivity contribution in [3.05, 3.63) is 35.5 Å². The molecule has 94 valence electrons. The third-order valence-electron chi connectivity index (χ3n) is 3.60. The zero-order chi connectivity index (χ0) is 12.5. The second-order valence-electron chi connectivity index (χ2n) is 4.74. The maximum Gasteiger partial charge on any atom is 0.237 e. The van der Waals surface area contributed by atoms with Crippen LogP contribution in [0.3, 0.4) is 0 Å². The smallest absolute Gasteiger partial charge is 0.237 e. The van der Waals surface area contributed by atoms with Gasteiger partial charge in [-0.3, -0.25) is 4.79 Å². The van der Waals surface area contributed by atoms with Gasteiger partial charge in [-0.2, -0.15) is 0 Å². The Morgan fingerprint density at radius 3 is 2.89 bits per heavy atom. The molecule has 0 spiro atoms. The fraction of sp³-hybridized carbons (Fsp3) is 0.357. The number of para-hydroxylation sites is 1. The molecule has 1 aromatic carbocycles. The van der Waals surface area contributed by atoms with Crippen molar-refractivity contribution in [1.82, 2.24) is 9.88 Å². The number of carbonyl (C=O) groups excluding carboxylic acids is 1. The summed E-state index contributed by atoms with van der Waals surface area (Å²) in [6.45, 7) is 2.23. The zero-order valence-electron chi connectivity index (χ0n) is 10.3. The minimum Gasteiger partial charge on any atom is -0.368 e. The summed E-state index contributed by atoms with van der Waals surface area (Å²) in [5.74, 6) is -0.282. The van der Waals surface area contributed by atoms with Crippen LogP contribution >= 0.6 is 0 Å². The van der Waals surface area contributed by atoms with Gasteiger partial charge in [0.05, 0.1) is 0 Å². The van der Waals surface area contributed by atoms with Crippen molar-refractivity contribution < 1.29 is 4.79 Å². The number of nitrogens with two attached hydrogens (primary N) is 1. The van der Waals surface area contributed by atoms with Crippen molar-refractivity contribution in [2.75, 3.05) is 13.1 Å². The Kier molecular flexibility index (Phi) is 2.80. The molecule has 1 aliphatic rings. The highest BCUT2D eigenvalue weighted by atomic mass is 16.1. The van der Waals surface area contributed by atoms with E-state index in [2.05, 4.69) is 28.1 Å². The molecular weight excluding hydrogens is 226 g/mol. The largest absolute Gasteiger partial charge is 0.368 e. The number of aromatic nitrogens is 1. The standard InChI is InChI=1S/C14H17N3O/c15-14(18)9-17-12-4-2-1-3-10(12)11-5-7-16-8-6-13(11)17/h1-4,16H,5-9H2,(H2,15,18). The van der Waals surface area contributed by atoms with Crippen LogP contribution in [0, 0.1) is 0 Å². The Bertz CT molecular complexity index is 600. The van der Waals surface area contributed by atoms with Crippen LogP contribution in [-0.2, 0) is 24.2 Å². The quantitative estimate of drug-likeness (QED) is 0.820. The van der Waals surface area contributed by atoms with Crippen molar-refractivity contribution >= 4 is 16.8 Å². The first kappa shape index (κ1) is 11.3. The van der Waals surface area contributed by atoms with Crippen LogP contribution in [0.25, 0.3) is 10.9 Å². The van der Waals surface area contributed by atoms with Crippen LogP contribution in [0.4, 0.5) is 0 Å². The minimum absolute atomic E-state index is 0.274. The number of primary amides is 1. The fourth-order valence-electron chi connectivity index (χ4n) is 2.87. The Morgan fingerprint density at radius 1 is 1.28 bits per heavy atom. The number of hydrogen-bond donors (Lipinski definition) is 2. The molecule has 2 heterocycles. The molecule has 4 nitrogen and oxygen atoms in total. The average Bonchev–Trinajstić information content (AvgIpc) is 2.55. The van der Waals surface area contributed by atoms with E-state index in [9.17, 15) is 4.79 Å². The summed E-state index contributed by atoms with van der Waals surface area (Å²) in [5.41, 5.74) is 9.14. The van der Waals surface area contributed by atoms with Crippen molar-refractivity contribution in [3.63, 3.8) is 0 Å². The molecule has 1 aromatic heterocycles. The summed E-state index contributed by atoms with van der Waals surface area (Å²) in [4.78, 5) is 11.3. The lowest BCUT2D eigenvalue weighted by atomic mass is 10.1. The number of fused-ring (bicyclic) bond motifs is 3. The molecule has 1 aliphatic heterocycles. The first-order chi connectivity index (χ1) is 8.77. The highest BCUT2D eigenvalue weighted by Crippen LogP contribution is 2.27. The number of nitrogens with zero attached hydrogens (tertiary/aromatic N) is 1. The second kappa shape index (κ2) is 4.46. The molecule has 18 heavy (non-hydrogen) atoms. The summed E-state index contributed by atoms with van der Waals surface area (Å²) < 4.78 is 2.08. The molecule has 1 amide bonds. The van der Waals surface area contributed by atoms with Crippen LogP contribution in [0.2, 0.25) is 0 Å². The number of hydrogen-bond acceptors (Lipinski definition) is 2. The predicted octanol–water partition coefficient (Wildman–Crippen LogP) is 0.815. The van der Waals surface area contributed by atoms with Crippen molar-refractivity contribution in [3.8, 4) is 0 Å². The van der Waals surface area contributed by atoms with Crippen molar-refractivity contribution in [1.29, 1.82) is 0 Å². The molecule has 0 unspecified atom stereocenters. The molecule has 0 radical (unpaired) electrons. The van der Waals surface area contributed by atoms with E-state index in [0.29, 0.717) is 0 Å². The lowest BCUT2D eigenvalue weighted by Crippen LogP contribution is -2.21. The third-order valence-corrected chi connectivity index (χ3v) is 3.60. The van der Waals surface area contributed by atoms with Gasteiger partial charge in [0.25, 0.3) is 0 Å². The molecule has 0 saturated carbocycles. The van der Waals surface area contributed by atoms with Crippen LogP contribution < -0.4 is 11.1 Å². The number of benzene rings is 1. The fourth-order valence-corrected chi connectivity index (χ4v) is 2.87. The second-order valence-corrected chi connectivity index (χ2v) is 4.74. The van der Waals surface area contributed by atoms with E-state index in [-0.39, 0.29) is 12.5 Å². The van der Waals surface area contributed by atoms with Crippen LogP contribution in [-0.4, -0.2) is 23.6 Å². The lowest BCUT2D eigenvalue weighted by Gasteiger charge is -2.08. The molecular formula is C14H17N3O. The Balaban J connectivity index is 2.24. The first-order valence-corrected chi connectivity index (χ1v) is 6.35. The highest BCUT2D eigenvalue weighted by Gasteiger charge is 2.18. The van der Waals surface area contributed by atoms with Gasteiger partial charge in [-0.15, -0.1) is 0 Å². The van der Waals surface area contributed by atoms with Gasteiger partial charge in [0.2, 0.25) is 5.91 Å². The molecule has 0 fully saturated rings. The molecule has 2 aromatic rings. The summed E-state index contributed by atoms with van der Waals surface area (Å²) in [6.07, 6.45) is 1.97. The monoisotopic (exact) mass is 243 g/mol. The molecule has 0 aliphatic carbocycles. The predicted molar refractivity (Wildman–Crippen MR) is 71.4 cm³/mol. The highest BCUT2D eigenvalue weighted by molar-refractivity contribution is 5.87. The Morgan fingerprint density at radius 2 is 2.06 bits per heavy atom. The van der Waals surface area contributed by atoms with Gasteiger partial charge in [0.1, 0.15) is 6.54 Å². The van der Waals surface area contributed by atoms with Crippen molar-refractivity contribution in [2.45, 2.75) is 19.4 Å². The summed E-state index contributed by atoms with van der Waals surface area (Å²) in [6, 6.07) is 8.27. The van der Waals surface area contributed by atoms with E-state index in [1.807, 2.05) is 6.07 Å². The SMILES string of the molecule is NC(=O)Cn1c2c(c3ccccc31)CCNCC2. The van der Waals surface area contributed by atoms with E-state index < -0.39 is 0 Å². The van der Waals surface area contributed by atoms with Gasteiger partial charge in [0, 0.05) is 29.6 Å². The Labute approximate surface area is 106 Å². The maximum absolute atomic E-state index is 11.3. The van der Waals surface area contributed by atoms with Gasteiger partial charge < -0.3 is 15.6 Å². The number of amides is 1. The van der Waals surface area contributed by atoms with Gasteiger partial charge in [-0.1, -0.05) is 18.2 Å². The van der Waals surface area contributed by atoms with E-state index >= 15 is 0 Å². The maximum atomic E-state index is 11.3. The van der Waals surface area contributed by atoms with E-state index in [0.717, 1.165) is 31.4 Å². The van der Waals surface area contributed by atoms with E-state index in [1.54, 1.807) is 0 Å².